The van der Waals surface area contributed by atoms with Crippen LogP contribution in [0.3, 0.4) is 0 Å². The molecule has 2 unspecified atom stereocenters. The van der Waals surface area contributed by atoms with Crippen molar-refractivity contribution in [3.05, 3.63) is 0 Å². The molecule has 2 atom stereocenters. The Bertz CT molecular complexity index is 292. The summed E-state index contributed by atoms with van der Waals surface area (Å²) in [4.78, 5) is 12.4. The summed E-state index contributed by atoms with van der Waals surface area (Å²) in [6.45, 7) is 4.40. The highest BCUT2D eigenvalue weighted by Crippen LogP contribution is 2.49. The van der Waals surface area contributed by atoms with Gasteiger partial charge in [0.1, 0.15) is 0 Å². The Hall–Kier alpha value is -0.570. The van der Waals surface area contributed by atoms with Gasteiger partial charge < -0.3 is 10.6 Å². The molecule has 1 aliphatic heterocycles. The predicted octanol–water partition coefficient (Wildman–Crippen LogP) is 1.93. The monoisotopic (exact) mass is 250 g/mol. The second-order valence-corrected chi connectivity index (χ2v) is 6.60. The van der Waals surface area contributed by atoms with E-state index in [1.165, 1.54) is 38.5 Å². The summed E-state index contributed by atoms with van der Waals surface area (Å²) < 4.78 is 0. The van der Waals surface area contributed by atoms with Crippen molar-refractivity contribution in [1.29, 1.82) is 0 Å². The molecule has 0 aromatic heterocycles. The van der Waals surface area contributed by atoms with Crippen molar-refractivity contribution in [3.63, 3.8) is 0 Å². The fraction of sp³-hybridized carbons (Fsp3) is 0.933. The Balaban J connectivity index is 1.52. The highest BCUT2D eigenvalue weighted by atomic mass is 16.2. The molecule has 0 radical (unpaired) electrons. The second-order valence-electron chi connectivity index (χ2n) is 6.60. The minimum Gasteiger partial charge on any atom is -0.353 e. The first-order valence-electron chi connectivity index (χ1n) is 7.77. The summed E-state index contributed by atoms with van der Waals surface area (Å²) in [6.07, 6.45) is 7.65. The zero-order chi connectivity index (χ0) is 12.5. The van der Waals surface area contributed by atoms with Crippen LogP contribution in [0.25, 0.3) is 0 Å². The zero-order valence-corrected chi connectivity index (χ0v) is 11.5. The number of nitrogens with one attached hydrogen (secondary N) is 2. The molecule has 2 N–H and O–H groups in total. The molecule has 0 aromatic rings. The van der Waals surface area contributed by atoms with Crippen molar-refractivity contribution in [1.82, 2.24) is 10.6 Å². The van der Waals surface area contributed by atoms with Crippen molar-refractivity contribution in [2.45, 2.75) is 51.5 Å². The highest BCUT2D eigenvalue weighted by Gasteiger charge is 2.45. The van der Waals surface area contributed by atoms with Gasteiger partial charge >= 0.3 is 0 Å². The molecule has 0 spiro atoms. The Morgan fingerprint density at radius 1 is 1.11 bits per heavy atom. The number of carbonyl (C=O) groups is 1. The maximum absolute atomic E-state index is 12.4. The third-order valence-electron chi connectivity index (χ3n) is 4.97. The first-order valence-corrected chi connectivity index (χ1v) is 7.77. The molecule has 1 heterocycles. The average Bonchev–Trinajstić information content (AvgIpc) is 3.24. The van der Waals surface area contributed by atoms with Crippen molar-refractivity contribution >= 4 is 5.91 Å². The molecule has 102 valence electrons. The molecule has 3 fully saturated rings. The fourth-order valence-corrected chi connectivity index (χ4v) is 3.47. The quantitative estimate of drug-likeness (QED) is 0.783. The molecule has 0 aromatic carbocycles. The van der Waals surface area contributed by atoms with Crippen LogP contribution in [-0.2, 0) is 4.79 Å². The molecule has 2 saturated carbocycles. The second kappa shape index (κ2) is 5.20. The van der Waals surface area contributed by atoms with Gasteiger partial charge in [-0.15, -0.1) is 0 Å². The summed E-state index contributed by atoms with van der Waals surface area (Å²) in [5, 5.41) is 6.75. The summed E-state index contributed by atoms with van der Waals surface area (Å²) in [5.74, 6) is 2.77. The van der Waals surface area contributed by atoms with E-state index in [1.54, 1.807) is 0 Å². The lowest BCUT2D eigenvalue weighted by atomic mass is 9.91. The zero-order valence-electron chi connectivity index (χ0n) is 11.5. The van der Waals surface area contributed by atoms with E-state index in [4.69, 9.17) is 0 Å². The van der Waals surface area contributed by atoms with Crippen LogP contribution < -0.4 is 10.6 Å². The molecule has 0 bridgehead atoms. The summed E-state index contributed by atoms with van der Waals surface area (Å²) in [7, 11) is 0. The van der Waals surface area contributed by atoms with E-state index in [9.17, 15) is 4.79 Å². The van der Waals surface area contributed by atoms with E-state index in [-0.39, 0.29) is 0 Å². The van der Waals surface area contributed by atoms with E-state index < -0.39 is 0 Å². The van der Waals surface area contributed by atoms with Gasteiger partial charge in [0.2, 0.25) is 5.91 Å². The predicted molar refractivity (Wildman–Crippen MR) is 72.1 cm³/mol. The third kappa shape index (κ3) is 2.87. The van der Waals surface area contributed by atoms with Gasteiger partial charge in [-0.2, -0.15) is 0 Å². The van der Waals surface area contributed by atoms with E-state index in [0.717, 1.165) is 13.1 Å². The van der Waals surface area contributed by atoms with Crippen LogP contribution in [0, 0.1) is 23.7 Å². The molecular weight excluding hydrogens is 224 g/mol. The highest BCUT2D eigenvalue weighted by molar-refractivity contribution is 5.80. The minimum atomic E-state index is 0.338. The molecule has 3 heteroatoms. The lowest BCUT2D eigenvalue weighted by Crippen LogP contribution is -2.47. The van der Waals surface area contributed by atoms with Crippen LogP contribution in [0.4, 0.5) is 0 Å². The van der Waals surface area contributed by atoms with Gasteiger partial charge in [0.05, 0.1) is 0 Å². The minimum absolute atomic E-state index is 0.338. The van der Waals surface area contributed by atoms with Gasteiger partial charge in [0.15, 0.2) is 0 Å². The van der Waals surface area contributed by atoms with Crippen LogP contribution >= 0.6 is 0 Å². The topological polar surface area (TPSA) is 41.1 Å². The summed E-state index contributed by atoms with van der Waals surface area (Å²) in [6, 6.07) is 0.338. The van der Waals surface area contributed by atoms with Gasteiger partial charge in [-0.25, -0.2) is 0 Å². The average molecular weight is 250 g/mol. The van der Waals surface area contributed by atoms with Gasteiger partial charge in [-0.3, -0.25) is 4.79 Å². The van der Waals surface area contributed by atoms with Crippen LogP contribution in [0.5, 0.6) is 0 Å². The maximum Gasteiger partial charge on any atom is 0.223 e. The summed E-state index contributed by atoms with van der Waals surface area (Å²) >= 11 is 0. The van der Waals surface area contributed by atoms with Crippen LogP contribution in [0.1, 0.15) is 45.4 Å². The van der Waals surface area contributed by atoms with E-state index >= 15 is 0 Å². The maximum atomic E-state index is 12.4. The Kier molecular flexibility index (Phi) is 3.60. The van der Waals surface area contributed by atoms with Crippen molar-refractivity contribution < 1.29 is 4.79 Å². The van der Waals surface area contributed by atoms with Gasteiger partial charge in [0.25, 0.3) is 0 Å². The number of hydrogen-bond acceptors (Lipinski definition) is 2. The van der Waals surface area contributed by atoms with E-state index in [1.807, 2.05) is 0 Å². The number of piperidine rings is 1. The van der Waals surface area contributed by atoms with Crippen molar-refractivity contribution in [3.8, 4) is 0 Å². The third-order valence-corrected chi connectivity index (χ3v) is 4.97. The molecule has 1 saturated heterocycles. The molecule has 3 nitrogen and oxygen atoms in total. The number of rotatable bonds is 5. The lowest BCUT2D eigenvalue weighted by molar-refractivity contribution is -0.127. The Morgan fingerprint density at radius 2 is 1.78 bits per heavy atom. The van der Waals surface area contributed by atoms with Crippen molar-refractivity contribution in [2.24, 2.45) is 23.7 Å². The van der Waals surface area contributed by atoms with E-state index in [2.05, 4.69) is 17.6 Å². The SMILES string of the molecule is CC(NC(=O)C(C1CC1)C1CC1)C1CCCNC1. The van der Waals surface area contributed by atoms with Crippen LogP contribution in [0.2, 0.25) is 0 Å². The molecule has 2 aliphatic carbocycles. The summed E-state index contributed by atoms with van der Waals surface area (Å²) in [5.41, 5.74) is 0. The molecular formula is C15H26N2O. The van der Waals surface area contributed by atoms with Crippen LogP contribution in [-0.4, -0.2) is 25.0 Å². The largest absolute Gasteiger partial charge is 0.353 e. The number of hydrogen-bond donors (Lipinski definition) is 2. The van der Waals surface area contributed by atoms with E-state index in [0.29, 0.717) is 35.6 Å². The fourth-order valence-electron chi connectivity index (χ4n) is 3.47. The first-order chi connectivity index (χ1) is 8.75. The number of amides is 1. The lowest BCUT2D eigenvalue weighted by Gasteiger charge is -2.30. The molecule has 1 amide bonds. The normalized spacial score (nSPS) is 30.2. The Morgan fingerprint density at radius 3 is 2.28 bits per heavy atom. The van der Waals surface area contributed by atoms with Gasteiger partial charge in [-0.05, 0) is 76.3 Å². The molecule has 18 heavy (non-hydrogen) atoms. The number of carbonyl (C=O) groups excluding carboxylic acids is 1. The van der Waals surface area contributed by atoms with Crippen LogP contribution in [0.15, 0.2) is 0 Å². The van der Waals surface area contributed by atoms with Gasteiger partial charge in [0, 0.05) is 12.0 Å². The van der Waals surface area contributed by atoms with Gasteiger partial charge in [-0.1, -0.05) is 0 Å². The van der Waals surface area contributed by atoms with Crippen molar-refractivity contribution in [2.75, 3.05) is 13.1 Å². The molecule has 3 rings (SSSR count). The molecule has 3 aliphatic rings. The standard InChI is InChI=1S/C15H26N2O/c1-10(13-3-2-8-16-9-13)17-15(18)14(11-4-5-11)12-6-7-12/h10-14,16H,2-9H2,1H3,(H,17,18). The Labute approximate surface area is 110 Å². The first kappa shape index (κ1) is 12.5. The smallest absolute Gasteiger partial charge is 0.223 e.